The minimum absolute atomic E-state index is 0. The van der Waals surface area contributed by atoms with Crippen molar-refractivity contribution in [3.63, 3.8) is 0 Å². The van der Waals surface area contributed by atoms with Crippen molar-refractivity contribution in [3.05, 3.63) is 121 Å². The number of nitrogens with two attached hydrogens (primary N) is 1. The molecule has 68 heavy (non-hydrogen) atoms. The number of nitrogens with zero attached hydrogens (tertiary/aromatic N) is 6. The van der Waals surface area contributed by atoms with Crippen molar-refractivity contribution < 1.29 is 175 Å². The van der Waals surface area contributed by atoms with Crippen LogP contribution in [-0.2, 0) is 40.5 Å². The molecule has 8 aromatic carbocycles. The summed E-state index contributed by atoms with van der Waals surface area (Å²) in [6, 6.07) is 25.3. The van der Waals surface area contributed by atoms with E-state index in [1.54, 1.807) is 6.07 Å². The fraction of sp³-hybridized carbons (Fsp3) is 0. The second-order valence-electron chi connectivity index (χ2n) is 13.7. The third-order valence-electron chi connectivity index (χ3n) is 9.72. The normalized spacial score (nSPS) is 12.4. The summed E-state index contributed by atoms with van der Waals surface area (Å²) in [5.41, 5.74) is 5.39. The zero-order chi connectivity index (χ0) is 45.9. The number of nitrogen functional groups attached to an aromatic ring is 1. The molecule has 0 amide bonds. The predicted molar refractivity (Wildman–Crippen MR) is 226 cm³/mol. The van der Waals surface area contributed by atoms with Gasteiger partial charge in [-0.3, -0.25) is 0 Å². The molecule has 8 rings (SSSR count). The van der Waals surface area contributed by atoms with E-state index < -0.39 is 71.5 Å². The summed E-state index contributed by atoms with van der Waals surface area (Å²) in [7, 11) is -20.2. The van der Waals surface area contributed by atoms with Gasteiger partial charge in [0.05, 0.1) is 48.0 Å². The van der Waals surface area contributed by atoms with Crippen molar-refractivity contribution >= 4 is 123 Å². The molecular formula is C40H23N7Na4O13S4. The van der Waals surface area contributed by atoms with Gasteiger partial charge in [-0.15, -0.1) is 30.7 Å². The van der Waals surface area contributed by atoms with E-state index in [9.17, 15) is 57.0 Å². The number of benzene rings is 8. The molecule has 28 heteroatoms. The molecule has 0 aliphatic carbocycles. The maximum Gasteiger partial charge on any atom is 1.00 e. The van der Waals surface area contributed by atoms with Gasteiger partial charge in [0.2, 0.25) is 0 Å². The van der Waals surface area contributed by atoms with Crippen LogP contribution in [0.2, 0.25) is 0 Å². The van der Waals surface area contributed by atoms with Crippen LogP contribution in [0.5, 0.6) is 5.75 Å². The molecule has 324 valence electrons. The van der Waals surface area contributed by atoms with E-state index in [4.69, 9.17) is 5.73 Å². The summed E-state index contributed by atoms with van der Waals surface area (Å²) in [6.45, 7) is 0. The molecule has 0 heterocycles. The van der Waals surface area contributed by atoms with E-state index in [-0.39, 0.29) is 195 Å². The Hall–Kier alpha value is -3.16. The molecule has 0 fully saturated rings. The van der Waals surface area contributed by atoms with Gasteiger partial charge < -0.3 is 29.1 Å². The summed E-state index contributed by atoms with van der Waals surface area (Å²) in [4.78, 5) is -2.71. The molecule has 0 saturated carbocycles. The van der Waals surface area contributed by atoms with Crippen molar-refractivity contribution in [1.82, 2.24) is 0 Å². The smallest absolute Gasteiger partial charge is 0.744 e. The first-order valence-corrected chi connectivity index (χ1v) is 23.5. The van der Waals surface area contributed by atoms with Gasteiger partial charge in [-0.25, -0.2) is 33.7 Å². The summed E-state index contributed by atoms with van der Waals surface area (Å²) in [5.74, 6) is -0.703. The Morgan fingerprint density at radius 2 is 0.765 bits per heavy atom. The first kappa shape index (κ1) is 57.4. The Balaban J connectivity index is 0.00000252. The summed E-state index contributed by atoms with van der Waals surface area (Å²) >= 11 is 0. The topological polar surface area (TPSA) is 349 Å². The molecule has 8 aromatic rings. The molecule has 0 aliphatic heterocycles. The van der Waals surface area contributed by atoms with Crippen LogP contribution < -0.4 is 124 Å². The molecule has 3 N–H and O–H groups in total. The number of anilines is 1. The van der Waals surface area contributed by atoms with Crippen molar-refractivity contribution in [2.24, 2.45) is 30.7 Å². The van der Waals surface area contributed by atoms with Gasteiger partial charge in [-0.1, -0.05) is 36.4 Å². The van der Waals surface area contributed by atoms with Crippen LogP contribution in [0.15, 0.2) is 172 Å². The average molecular weight is 1030 g/mol. The Morgan fingerprint density at radius 1 is 0.382 bits per heavy atom. The molecule has 0 unspecified atom stereocenters. The average Bonchev–Trinajstić information content (AvgIpc) is 3.22. The quantitative estimate of drug-likeness (QED) is 0.0581. The van der Waals surface area contributed by atoms with E-state index in [0.29, 0.717) is 0 Å². The molecule has 20 nitrogen and oxygen atoms in total. The van der Waals surface area contributed by atoms with Crippen LogP contribution in [0.4, 0.5) is 39.8 Å². The summed E-state index contributed by atoms with van der Waals surface area (Å²) in [5, 5.41) is 36.9. The second-order valence-corrected chi connectivity index (χ2v) is 19.2. The standard InChI is InChI=1S/C40H27N7O13S4.4Na/c41-22-5-8-25-21(17-22)18-38(64(58,59)60)39(40(25)48)47-46-33-12-14-36(31-20-24(62(52,53)54)7-10-28(31)33)44-42-32-11-13-35(30-19-23(61(49,50)51)6-9-27(30)32)45-43-34-15-16-37(63(55,56)57)29-4-2-1-3-26(29)34;;;;/h1-20,48H,41H2,(H,49,50,51)(H,52,53,54)(H,55,56,57)(H,58,59,60);;;;/q;4*+1/p-4. The second kappa shape index (κ2) is 22.1. The molecule has 0 aliphatic rings. The largest absolute Gasteiger partial charge is 1.00 e. The SMILES string of the molecule is Nc1ccc2c(O)c(N=Nc3ccc(N=Nc4ccc(N=Nc5ccc(S(=O)(=O)[O-])c6ccccc56)c5cc(S(=O)(=O)[O-])ccc45)c4cc(S(=O)(=O)[O-])ccc34)c(S(=O)(=O)[O-])cc2c1.[Na+].[Na+].[Na+].[Na+]. The van der Waals surface area contributed by atoms with Gasteiger partial charge in [0.15, 0.2) is 5.75 Å². The van der Waals surface area contributed by atoms with Gasteiger partial charge in [-0.2, -0.15) is 0 Å². The summed E-state index contributed by atoms with van der Waals surface area (Å²) in [6.07, 6.45) is 0. The predicted octanol–water partition coefficient (Wildman–Crippen LogP) is -3.53. The number of aromatic hydroxyl groups is 1. The Morgan fingerprint density at radius 3 is 1.21 bits per heavy atom. The summed E-state index contributed by atoms with van der Waals surface area (Å²) < 4.78 is 145. The monoisotopic (exact) mass is 1030 g/mol. The van der Waals surface area contributed by atoms with Crippen molar-refractivity contribution in [1.29, 1.82) is 0 Å². The number of azo groups is 3. The minimum Gasteiger partial charge on any atom is -0.744 e. The van der Waals surface area contributed by atoms with Crippen LogP contribution >= 0.6 is 0 Å². The van der Waals surface area contributed by atoms with E-state index >= 15 is 0 Å². The Bertz CT molecular complexity index is 3910. The van der Waals surface area contributed by atoms with E-state index in [0.717, 1.165) is 36.4 Å². The van der Waals surface area contributed by atoms with Gasteiger partial charge in [0.25, 0.3) is 0 Å². The van der Waals surface area contributed by atoms with E-state index in [2.05, 4.69) is 30.7 Å². The van der Waals surface area contributed by atoms with Crippen molar-refractivity contribution in [3.8, 4) is 5.75 Å². The van der Waals surface area contributed by atoms with Gasteiger partial charge in [-0.05, 0) is 90.3 Å². The number of fused-ring (bicyclic) bond motifs is 4. The molecule has 0 bridgehead atoms. The van der Waals surface area contributed by atoms with Crippen molar-refractivity contribution in [2.75, 3.05) is 5.73 Å². The van der Waals surface area contributed by atoms with Crippen molar-refractivity contribution in [2.45, 2.75) is 19.6 Å². The third kappa shape index (κ3) is 12.1. The zero-order valence-electron chi connectivity index (χ0n) is 35.8. The first-order valence-electron chi connectivity index (χ1n) is 17.9. The van der Waals surface area contributed by atoms with Gasteiger partial charge in [0.1, 0.15) is 46.2 Å². The third-order valence-corrected chi connectivity index (χ3v) is 13.1. The first-order chi connectivity index (χ1) is 30.1. The number of phenols is 1. The Kier molecular flexibility index (Phi) is 18.6. The number of phenolic OH excluding ortho intramolecular Hbond substituents is 1. The van der Waals surface area contributed by atoms with E-state index in [1.807, 2.05) is 0 Å². The van der Waals surface area contributed by atoms with Crippen LogP contribution in [0.1, 0.15) is 0 Å². The number of rotatable bonds is 10. The Labute approximate surface area is 475 Å². The number of hydrogen-bond donors (Lipinski definition) is 2. The van der Waals surface area contributed by atoms with Gasteiger partial charge in [0, 0.05) is 43.4 Å². The molecule has 0 radical (unpaired) electrons. The van der Waals surface area contributed by atoms with Crippen LogP contribution in [0, 0.1) is 0 Å². The molecule has 0 atom stereocenters. The molecule has 0 aromatic heterocycles. The maximum atomic E-state index is 12.3. The van der Waals surface area contributed by atoms with Gasteiger partial charge >= 0.3 is 118 Å². The zero-order valence-corrected chi connectivity index (χ0v) is 47.1. The van der Waals surface area contributed by atoms with Crippen LogP contribution in [0.25, 0.3) is 43.1 Å². The fourth-order valence-corrected chi connectivity index (χ4v) is 9.11. The minimum atomic E-state index is -5.25. The fourth-order valence-electron chi connectivity index (χ4n) is 6.79. The molecular weight excluding hydrogens is 1010 g/mol. The number of hydrogen-bond acceptors (Lipinski definition) is 20. The molecule has 0 spiro atoms. The molecule has 0 saturated heterocycles. The van der Waals surface area contributed by atoms with Crippen LogP contribution in [-0.4, -0.2) is 57.0 Å². The maximum absolute atomic E-state index is 12.3. The van der Waals surface area contributed by atoms with E-state index in [1.165, 1.54) is 78.9 Å². The van der Waals surface area contributed by atoms with Crippen LogP contribution in [0.3, 0.4) is 0 Å².